The molecule has 33 heavy (non-hydrogen) atoms. The van der Waals surface area contributed by atoms with Crippen LogP contribution in [0.5, 0.6) is 5.75 Å². The van der Waals surface area contributed by atoms with E-state index in [2.05, 4.69) is 22.3 Å². The van der Waals surface area contributed by atoms with Gasteiger partial charge in [-0.15, -0.1) is 0 Å². The Morgan fingerprint density at radius 3 is 2.55 bits per heavy atom. The molecule has 1 fully saturated rings. The molecular formula is C26H33N3O4. The average Bonchev–Trinajstić information content (AvgIpc) is 2.86. The zero-order valence-electron chi connectivity index (χ0n) is 19.1. The summed E-state index contributed by atoms with van der Waals surface area (Å²) in [7, 11) is 0. The Kier molecular flexibility index (Phi) is 8.33. The standard InChI is InChI=1S/C26H33N3O4/c30-25-20-28(18-21-8-3-1-4-9-21)19-23-22(26(31)29-13-16-32-17-14-29)10-7-11-24(23)33-15-6-2-5-12-27-25/h1,3-4,7-11H,2,5-6,12-20H2,(H,27,30). The number of benzene rings is 2. The molecule has 7 nitrogen and oxygen atoms in total. The van der Waals surface area contributed by atoms with Gasteiger partial charge in [0.1, 0.15) is 5.75 Å². The van der Waals surface area contributed by atoms with Crippen molar-refractivity contribution in [3.05, 3.63) is 65.2 Å². The van der Waals surface area contributed by atoms with Crippen molar-refractivity contribution in [1.29, 1.82) is 0 Å². The molecule has 2 heterocycles. The average molecular weight is 452 g/mol. The number of ether oxygens (including phenoxy) is 2. The minimum absolute atomic E-state index is 0.00429. The lowest BCUT2D eigenvalue weighted by atomic mass is 10.0. The number of carbonyl (C=O) groups is 2. The van der Waals surface area contributed by atoms with Crippen molar-refractivity contribution < 1.29 is 19.1 Å². The molecule has 2 aromatic carbocycles. The van der Waals surface area contributed by atoms with E-state index >= 15 is 0 Å². The second-order valence-corrected chi connectivity index (χ2v) is 8.58. The summed E-state index contributed by atoms with van der Waals surface area (Å²) in [4.78, 5) is 30.1. The van der Waals surface area contributed by atoms with Crippen LogP contribution in [0.2, 0.25) is 0 Å². The summed E-state index contributed by atoms with van der Waals surface area (Å²) in [6, 6.07) is 15.8. The topological polar surface area (TPSA) is 71.1 Å². The number of fused-ring (bicyclic) bond motifs is 1. The third kappa shape index (κ3) is 6.55. The number of hydrogen-bond acceptors (Lipinski definition) is 5. The van der Waals surface area contributed by atoms with Gasteiger partial charge in [0.05, 0.1) is 26.4 Å². The van der Waals surface area contributed by atoms with Crippen LogP contribution in [0, 0.1) is 0 Å². The molecule has 0 saturated carbocycles. The number of nitrogens with one attached hydrogen (secondary N) is 1. The normalized spacial score (nSPS) is 18.7. The molecule has 2 amide bonds. The van der Waals surface area contributed by atoms with Crippen LogP contribution in [0.15, 0.2) is 48.5 Å². The second-order valence-electron chi connectivity index (χ2n) is 8.58. The zero-order valence-corrected chi connectivity index (χ0v) is 19.1. The Morgan fingerprint density at radius 1 is 0.909 bits per heavy atom. The Balaban J connectivity index is 1.66. The molecule has 0 bridgehead atoms. The van der Waals surface area contributed by atoms with Crippen molar-refractivity contribution >= 4 is 11.8 Å². The summed E-state index contributed by atoms with van der Waals surface area (Å²) >= 11 is 0. The fourth-order valence-electron chi connectivity index (χ4n) is 4.31. The van der Waals surface area contributed by atoms with E-state index < -0.39 is 0 Å². The molecule has 0 aliphatic carbocycles. The molecule has 2 aromatic rings. The molecule has 0 spiro atoms. The molecule has 0 atom stereocenters. The quantitative estimate of drug-likeness (QED) is 0.777. The first kappa shape index (κ1) is 23.3. The Morgan fingerprint density at radius 2 is 1.73 bits per heavy atom. The zero-order chi connectivity index (χ0) is 22.9. The number of carbonyl (C=O) groups excluding carboxylic acids is 2. The third-order valence-electron chi connectivity index (χ3n) is 6.06. The molecule has 2 aliphatic heterocycles. The van der Waals surface area contributed by atoms with Gasteiger partial charge in [0.25, 0.3) is 5.91 Å². The van der Waals surface area contributed by atoms with Crippen LogP contribution in [-0.4, -0.2) is 67.6 Å². The highest BCUT2D eigenvalue weighted by Crippen LogP contribution is 2.27. The smallest absolute Gasteiger partial charge is 0.254 e. The van der Waals surface area contributed by atoms with E-state index in [1.807, 2.05) is 41.3 Å². The van der Waals surface area contributed by atoms with E-state index in [0.717, 1.165) is 36.1 Å². The lowest BCUT2D eigenvalue weighted by Gasteiger charge is -2.29. The van der Waals surface area contributed by atoms with E-state index in [0.29, 0.717) is 58.1 Å². The minimum Gasteiger partial charge on any atom is -0.493 e. The number of nitrogens with zero attached hydrogens (tertiary/aromatic N) is 2. The van der Waals surface area contributed by atoms with Gasteiger partial charge in [-0.2, -0.15) is 0 Å². The molecule has 0 radical (unpaired) electrons. The van der Waals surface area contributed by atoms with E-state index in [4.69, 9.17) is 9.47 Å². The molecule has 176 valence electrons. The van der Waals surface area contributed by atoms with Crippen LogP contribution in [0.3, 0.4) is 0 Å². The van der Waals surface area contributed by atoms with Crippen LogP contribution in [0.25, 0.3) is 0 Å². The highest BCUT2D eigenvalue weighted by Gasteiger charge is 2.25. The maximum Gasteiger partial charge on any atom is 0.254 e. The fraction of sp³-hybridized carbons (Fsp3) is 0.462. The van der Waals surface area contributed by atoms with Gasteiger partial charge in [0.15, 0.2) is 0 Å². The van der Waals surface area contributed by atoms with Crippen molar-refractivity contribution in [2.24, 2.45) is 0 Å². The van der Waals surface area contributed by atoms with Gasteiger partial charge in [-0.1, -0.05) is 36.4 Å². The first-order valence-corrected chi connectivity index (χ1v) is 11.9. The van der Waals surface area contributed by atoms with E-state index in [9.17, 15) is 9.59 Å². The van der Waals surface area contributed by atoms with Crippen molar-refractivity contribution in [1.82, 2.24) is 15.1 Å². The van der Waals surface area contributed by atoms with Crippen molar-refractivity contribution in [2.75, 3.05) is 46.0 Å². The number of rotatable bonds is 3. The van der Waals surface area contributed by atoms with E-state index in [1.54, 1.807) is 0 Å². The highest BCUT2D eigenvalue weighted by molar-refractivity contribution is 5.96. The third-order valence-corrected chi connectivity index (χ3v) is 6.06. The maximum absolute atomic E-state index is 13.4. The van der Waals surface area contributed by atoms with Gasteiger partial charge in [0, 0.05) is 43.9 Å². The van der Waals surface area contributed by atoms with Gasteiger partial charge in [-0.3, -0.25) is 14.5 Å². The predicted molar refractivity (Wildman–Crippen MR) is 126 cm³/mol. The lowest BCUT2D eigenvalue weighted by molar-refractivity contribution is -0.122. The van der Waals surface area contributed by atoms with Gasteiger partial charge >= 0.3 is 0 Å². The molecule has 7 heteroatoms. The maximum atomic E-state index is 13.4. The highest BCUT2D eigenvalue weighted by atomic mass is 16.5. The van der Waals surface area contributed by atoms with E-state index in [-0.39, 0.29) is 18.4 Å². The largest absolute Gasteiger partial charge is 0.493 e. The molecule has 1 N–H and O–H groups in total. The first-order valence-electron chi connectivity index (χ1n) is 11.9. The summed E-state index contributed by atoms with van der Waals surface area (Å²) in [6.07, 6.45) is 2.82. The minimum atomic E-state index is -0.00724. The van der Waals surface area contributed by atoms with Crippen LogP contribution in [0.4, 0.5) is 0 Å². The van der Waals surface area contributed by atoms with Crippen molar-refractivity contribution in [2.45, 2.75) is 32.4 Å². The van der Waals surface area contributed by atoms with Crippen LogP contribution in [-0.2, 0) is 22.6 Å². The van der Waals surface area contributed by atoms with Crippen LogP contribution < -0.4 is 10.1 Å². The monoisotopic (exact) mass is 451 g/mol. The number of hydrogen-bond donors (Lipinski definition) is 1. The first-order chi connectivity index (χ1) is 16.2. The van der Waals surface area contributed by atoms with Gasteiger partial charge in [-0.25, -0.2) is 0 Å². The summed E-state index contributed by atoms with van der Waals surface area (Å²) in [6.45, 7) is 4.85. The molecule has 2 aliphatic rings. The summed E-state index contributed by atoms with van der Waals surface area (Å²) in [5.41, 5.74) is 2.61. The molecule has 0 unspecified atom stereocenters. The molecule has 0 aromatic heterocycles. The molecule has 4 rings (SSSR count). The van der Waals surface area contributed by atoms with Crippen LogP contribution in [0.1, 0.15) is 40.7 Å². The molecule has 1 saturated heterocycles. The second kappa shape index (κ2) is 11.8. The van der Waals surface area contributed by atoms with E-state index in [1.165, 1.54) is 0 Å². The van der Waals surface area contributed by atoms with Gasteiger partial charge in [0.2, 0.25) is 5.91 Å². The number of morpholine rings is 1. The van der Waals surface area contributed by atoms with Crippen molar-refractivity contribution in [3.8, 4) is 5.75 Å². The van der Waals surface area contributed by atoms with Gasteiger partial charge < -0.3 is 19.7 Å². The van der Waals surface area contributed by atoms with Crippen LogP contribution >= 0.6 is 0 Å². The Labute approximate surface area is 195 Å². The Hall–Kier alpha value is -2.90. The lowest BCUT2D eigenvalue weighted by Crippen LogP contribution is -2.41. The van der Waals surface area contributed by atoms with Crippen molar-refractivity contribution in [3.63, 3.8) is 0 Å². The predicted octanol–water partition coefficient (Wildman–Crippen LogP) is 2.84. The summed E-state index contributed by atoms with van der Waals surface area (Å²) in [5, 5.41) is 3.04. The van der Waals surface area contributed by atoms with Gasteiger partial charge in [-0.05, 0) is 37.0 Å². The SMILES string of the molecule is O=C1CN(Cc2ccccc2)Cc2c(cccc2C(=O)N2CCOCC2)OCCCCCN1. The summed E-state index contributed by atoms with van der Waals surface area (Å²) < 4.78 is 11.6. The number of amides is 2. The molecular weight excluding hydrogens is 418 g/mol. The Bertz CT molecular complexity index is 928. The summed E-state index contributed by atoms with van der Waals surface area (Å²) in [5.74, 6) is 0.726. The fourth-order valence-corrected chi connectivity index (χ4v) is 4.31.